The van der Waals surface area contributed by atoms with E-state index >= 15 is 0 Å². The van der Waals surface area contributed by atoms with E-state index in [4.69, 9.17) is 4.74 Å². The lowest BCUT2D eigenvalue weighted by atomic mass is 10.2. The van der Waals surface area contributed by atoms with E-state index in [1.54, 1.807) is 5.38 Å². The molecule has 0 radical (unpaired) electrons. The third-order valence-electron chi connectivity index (χ3n) is 3.46. The lowest BCUT2D eigenvalue weighted by molar-refractivity contribution is -0.124. The van der Waals surface area contributed by atoms with Crippen LogP contribution in [0, 0.1) is 0 Å². The number of aromatic nitrogens is 1. The fourth-order valence-corrected chi connectivity index (χ4v) is 2.93. The molecule has 25 heavy (non-hydrogen) atoms. The molecule has 0 saturated heterocycles. The zero-order valence-electron chi connectivity index (χ0n) is 14.5. The summed E-state index contributed by atoms with van der Waals surface area (Å²) in [6, 6.07) is 9.98. The Labute approximate surface area is 151 Å². The highest BCUT2D eigenvalue weighted by molar-refractivity contribution is 7.13. The van der Waals surface area contributed by atoms with Gasteiger partial charge in [-0.25, -0.2) is 9.78 Å². The van der Waals surface area contributed by atoms with Gasteiger partial charge in [0, 0.05) is 18.0 Å². The van der Waals surface area contributed by atoms with Crippen molar-refractivity contribution in [2.75, 3.05) is 11.9 Å². The zero-order chi connectivity index (χ0) is 18.1. The number of benzene rings is 1. The summed E-state index contributed by atoms with van der Waals surface area (Å²) in [4.78, 5) is 27.9. The molecule has 1 aromatic carbocycles. The second-order valence-corrected chi connectivity index (χ2v) is 6.57. The predicted octanol–water partition coefficient (Wildman–Crippen LogP) is 3.22. The molecule has 0 aliphatic rings. The molecule has 0 spiro atoms. The molecule has 1 atom stereocenters. The number of ether oxygens (including phenoxy) is 1. The van der Waals surface area contributed by atoms with Crippen molar-refractivity contribution in [1.82, 2.24) is 10.3 Å². The van der Waals surface area contributed by atoms with E-state index in [0.717, 1.165) is 18.4 Å². The van der Waals surface area contributed by atoms with Crippen molar-refractivity contribution in [2.45, 2.75) is 39.3 Å². The molecule has 2 N–H and O–H groups in total. The van der Waals surface area contributed by atoms with Gasteiger partial charge in [0.1, 0.15) is 0 Å². The normalized spacial score (nSPS) is 11.6. The zero-order valence-corrected chi connectivity index (χ0v) is 15.3. The molecule has 1 amide bonds. The first-order valence-electron chi connectivity index (χ1n) is 8.28. The third-order valence-corrected chi connectivity index (χ3v) is 4.26. The Morgan fingerprint density at radius 2 is 2.04 bits per heavy atom. The van der Waals surface area contributed by atoms with Crippen LogP contribution in [0.4, 0.5) is 5.13 Å². The van der Waals surface area contributed by atoms with E-state index in [1.165, 1.54) is 11.3 Å². The smallest absolute Gasteiger partial charge is 0.358 e. The van der Waals surface area contributed by atoms with E-state index in [-0.39, 0.29) is 24.2 Å². The fourth-order valence-electron chi connectivity index (χ4n) is 2.25. The summed E-state index contributed by atoms with van der Waals surface area (Å²) >= 11 is 1.33. The molecule has 134 valence electrons. The summed E-state index contributed by atoms with van der Waals surface area (Å²) in [6.45, 7) is 4.31. The van der Waals surface area contributed by atoms with E-state index in [0.29, 0.717) is 11.7 Å². The van der Waals surface area contributed by atoms with Gasteiger partial charge in [-0.15, -0.1) is 11.3 Å². The van der Waals surface area contributed by atoms with Gasteiger partial charge >= 0.3 is 5.97 Å². The Hall–Kier alpha value is -2.41. The minimum Gasteiger partial charge on any atom is -0.451 e. The number of nitrogens with one attached hydrogen (secondary N) is 2. The molecular weight excluding hydrogens is 338 g/mol. The summed E-state index contributed by atoms with van der Waals surface area (Å²) in [7, 11) is 0. The fraction of sp³-hybridized carbons (Fsp3) is 0.389. The first-order chi connectivity index (χ1) is 12.1. The van der Waals surface area contributed by atoms with Crippen molar-refractivity contribution in [3.8, 4) is 0 Å². The maximum Gasteiger partial charge on any atom is 0.358 e. The van der Waals surface area contributed by atoms with Crippen molar-refractivity contribution in [3.63, 3.8) is 0 Å². The highest BCUT2D eigenvalue weighted by atomic mass is 32.1. The van der Waals surface area contributed by atoms with Crippen LogP contribution in [-0.4, -0.2) is 29.5 Å². The lowest BCUT2D eigenvalue weighted by Gasteiger charge is -2.12. The Morgan fingerprint density at radius 1 is 1.28 bits per heavy atom. The Bertz CT molecular complexity index is 688. The molecule has 0 bridgehead atoms. The number of carbonyl (C=O) groups excluding carboxylic acids is 2. The first kappa shape index (κ1) is 18.9. The Balaban J connectivity index is 1.77. The van der Waals surface area contributed by atoms with Crippen molar-refractivity contribution in [1.29, 1.82) is 0 Å². The number of nitrogens with zero attached hydrogens (tertiary/aromatic N) is 1. The van der Waals surface area contributed by atoms with E-state index in [9.17, 15) is 9.59 Å². The highest BCUT2D eigenvalue weighted by Gasteiger charge is 2.15. The summed E-state index contributed by atoms with van der Waals surface area (Å²) in [5.41, 5.74) is 1.33. The molecular formula is C18H23N3O3S. The molecule has 7 heteroatoms. The van der Waals surface area contributed by atoms with Gasteiger partial charge in [-0.05, 0) is 18.9 Å². The van der Waals surface area contributed by atoms with Gasteiger partial charge in [-0.1, -0.05) is 43.7 Å². The van der Waals surface area contributed by atoms with Crippen molar-refractivity contribution < 1.29 is 14.3 Å². The summed E-state index contributed by atoms with van der Waals surface area (Å²) < 4.78 is 5.01. The minimum absolute atomic E-state index is 0.0734. The van der Waals surface area contributed by atoms with Gasteiger partial charge < -0.3 is 15.4 Å². The van der Waals surface area contributed by atoms with Crippen LogP contribution in [0.1, 0.15) is 42.7 Å². The molecule has 0 saturated carbocycles. The molecule has 1 aromatic heterocycles. The topological polar surface area (TPSA) is 80.3 Å². The molecule has 1 unspecified atom stereocenters. The van der Waals surface area contributed by atoms with Crippen molar-refractivity contribution >= 4 is 28.3 Å². The van der Waals surface area contributed by atoms with E-state index < -0.39 is 5.97 Å². The van der Waals surface area contributed by atoms with Gasteiger partial charge in [0.15, 0.2) is 17.4 Å². The van der Waals surface area contributed by atoms with Crippen LogP contribution >= 0.6 is 11.3 Å². The van der Waals surface area contributed by atoms with Crippen LogP contribution in [0.2, 0.25) is 0 Å². The lowest BCUT2D eigenvalue weighted by Crippen LogP contribution is -2.35. The SMILES string of the molecule is CCCC(C)NC(=O)COC(=O)c1csc(NCc2ccccc2)n1. The predicted molar refractivity (Wildman–Crippen MR) is 98.7 cm³/mol. The van der Waals surface area contributed by atoms with Crippen LogP contribution in [0.3, 0.4) is 0 Å². The number of rotatable bonds is 9. The summed E-state index contributed by atoms with van der Waals surface area (Å²) in [6.07, 6.45) is 1.88. The Morgan fingerprint density at radius 3 is 2.76 bits per heavy atom. The molecule has 1 heterocycles. The van der Waals surface area contributed by atoms with Crippen LogP contribution in [0.25, 0.3) is 0 Å². The molecule has 2 rings (SSSR count). The molecule has 6 nitrogen and oxygen atoms in total. The van der Waals surface area contributed by atoms with Gasteiger partial charge in [-0.3, -0.25) is 4.79 Å². The maximum absolute atomic E-state index is 12.0. The van der Waals surface area contributed by atoms with Gasteiger partial charge in [0.2, 0.25) is 0 Å². The van der Waals surface area contributed by atoms with Crippen LogP contribution in [0.15, 0.2) is 35.7 Å². The molecule has 0 aliphatic heterocycles. The highest BCUT2D eigenvalue weighted by Crippen LogP contribution is 2.17. The first-order valence-corrected chi connectivity index (χ1v) is 9.16. The third kappa shape index (κ3) is 6.54. The summed E-state index contributed by atoms with van der Waals surface area (Å²) in [5, 5.41) is 8.20. The number of anilines is 1. The van der Waals surface area contributed by atoms with Gasteiger partial charge in [-0.2, -0.15) is 0 Å². The number of hydrogen-bond acceptors (Lipinski definition) is 6. The largest absolute Gasteiger partial charge is 0.451 e. The van der Waals surface area contributed by atoms with Crippen LogP contribution in [-0.2, 0) is 16.1 Å². The standard InChI is InChI=1S/C18H23N3O3S/c1-3-7-13(2)20-16(22)11-24-17(23)15-12-25-18(21-15)19-10-14-8-5-4-6-9-14/h4-6,8-9,12-13H,3,7,10-11H2,1-2H3,(H,19,21)(H,20,22). The van der Waals surface area contributed by atoms with E-state index in [1.807, 2.05) is 44.2 Å². The van der Waals surface area contributed by atoms with Gasteiger partial charge in [0.25, 0.3) is 5.91 Å². The average Bonchev–Trinajstić information content (AvgIpc) is 3.08. The maximum atomic E-state index is 12.0. The molecule has 0 fully saturated rings. The minimum atomic E-state index is -0.595. The second kappa shape index (κ2) is 9.78. The number of esters is 1. The molecule has 0 aliphatic carbocycles. The number of hydrogen-bond donors (Lipinski definition) is 2. The Kier molecular flexibility index (Phi) is 7.40. The second-order valence-electron chi connectivity index (χ2n) is 5.71. The quantitative estimate of drug-likeness (QED) is 0.670. The monoisotopic (exact) mass is 361 g/mol. The number of amides is 1. The van der Waals surface area contributed by atoms with Crippen molar-refractivity contribution in [2.24, 2.45) is 0 Å². The van der Waals surface area contributed by atoms with Gasteiger partial charge in [0.05, 0.1) is 0 Å². The summed E-state index contributed by atoms with van der Waals surface area (Å²) in [5.74, 6) is -0.894. The number of thiazole rings is 1. The van der Waals surface area contributed by atoms with Crippen molar-refractivity contribution in [3.05, 3.63) is 47.0 Å². The van der Waals surface area contributed by atoms with Crippen LogP contribution < -0.4 is 10.6 Å². The van der Waals surface area contributed by atoms with Crippen LogP contribution in [0.5, 0.6) is 0 Å². The van der Waals surface area contributed by atoms with E-state index in [2.05, 4.69) is 15.6 Å². The number of carbonyl (C=O) groups is 2. The average molecular weight is 361 g/mol. The molecule has 2 aromatic rings.